The van der Waals surface area contributed by atoms with Gasteiger partial charge >= 0.3 is 12.1 Å². The fourth-order valence-corrected chi connectivity index (χ4v) is 11.6. The molecule has 18 nitrogen and oxygen atoms in total. The van der Waals surface area contributed by atoms with Crippen LogP contribution < -0.4 is 30.9 Å². The molecule has 11 rings (SSSR count). The maximum absolute atomic E-state index is 17.2. The normalized spacial score (nSPS) is 23.4. The maximum atomic E-state index is 17.2. The van der Waals surface area contributed by atoms with Crippen molar-refractivity contribution >= 4 is 68.8 Å². The van der Waals surface area contributed by atoms with Crippen LogP contribution >= 0.6 is 0 Å². The zero-order valence-corrected chi connectivity index (χ0v) is 39.6. The molecule has 4 N–H and O–H groups in total. The van der Waals surface area contributed by atoms with Crippen LogP contribution in [0.15, 0.2) is 66.9 Å². The van der Waals surface area contributed by atoms with Gasteiger partial charge in [0.1, 0.15) is 42.1 Å². The van der Waals surface area contributed by atoms with Crippen LogP contribution in [0.3, 0.4) is 0 Å². The van der Waals surface area contributed by atoms with E-state index in [1.807, 2.05) is 0 Å². The highest BCUT2D eigenvalue weighted by Gasteiger charge is 2.52. The van der Waals surface area contributed by atoms with Crippen molar-refractivity contribution in [1.29, 1.82) is 0 Å². The summed E-state index contributed by atoms with van der Waals surface area (Å²) in [6.07, 6.45) is 11.1. The van der Waals surface area contributed by atoms with Gasteiger partial charge in [-0.3, -0.25) is 44.1 Å². The lowest BCUT2D eigenvalue weighted by atomic mass is 9.94. The summed E-state index contributed by atoms with van der Waals surface area (Å²) in [6, 6.07) is 11.6. The van der Waals surface area contributed by atoms with E-state index in [1.54, 1.807) is 30.5 Å². The van der Waals surface area contributed by atoms with Gasteiger partial charge in [0.25, 0.3) is 11.8 Å². The number of benzene rings is 3. The third-order valence-electron chi connectivity index (χ3n) is 15.0. The Labute approximate surface area is 417 Å². The molecule has 5 fully saturated rings. The van der Waals surface area contributed by atoms with E-state index in [0.717, 1.165) is 23.3 Å². The number of pyridine rings is 1. The molecule has 374 valence electrons. The lowest BCUT2D eigenvalue weighted by molar-refractivity contribution is -0.136. The van der Waals surface area contributed by atoms with Gasteiger partial charge in [0, 0.05) is 80.0 Å². The highest BCUT2D eigenvalue weighted by Crippen LogP contribution is 2.45. The quantitative estimate of drug-likeness (QED) is 0.0521. The van der Waals surface area contributed by atoms with Crippen LogP contribution in [-0.4, -0.2) is 129 Å². The molecule has 2 aromatic heterocycles. The number of imide groups is 2. The predicted octanol–water partition coefficient (Wildman–Crippen LogP) is 5.13. The van der Waals surface area contributed by atoms with Gasteiger partial charge < -0.3 is 30.3 Å². The highest BCUT2D eigenvalue weighted by molar-refractivity contribution is 6.24. The van der Waals surface area contributed by atoms with E-state index < -0.39 is 58.8 Å². The van der Waals surface area contributed by atoms with E-state index >= 15 is 8.78 Å². The molecule has 0 radical (unpaired) electrons. The van der Waals surface area contributed by atoms with Gasteiger partial charge in [-0.05, 0) is 74.6 Å². The number of anilines is 2. The highest BCUT2D eigenvalue weighted by atomic mass is 19.1. The number of hydrogen-bond acceptors (Lipinski definition) is 14. The fourth-order valence-electron chi connectivity index (χ4n) is 11.6. The van der Waals surface area contributed by atoms with Crippen molar-refractivity contribution in [3.8, 4) is 29.6 Å². The number of piperazine rings is 1. The first kappa shape index (κ1) is 47.4. The van der Waals surface area contributed by atoms with Crippen LogP contribution in [0.5, 0.6) is 6.01 Å². The lowest BCUT2D eigenvalue weighted by Crippen LogP contribution is -2.54. The number of halogens is 2. The van der Waals surface area contributed by atoms with Crippen LogP contribution in [0.1, 0.15) is 84.1 Å². The van der Waals surface area contributed by atoms with Crippen molar-refractivity contribution < 1.29 is 47.0 Å². The molecule has 73 heavy (non-hydrogen) atoms. The molecular formula is C53H50F2N10O8. The number of ether oxygens (including phenoxy) is 2. The van der Waals surface area contributed by atoms with Gasteiger partial charge in [-0.1, -0.05) is 42.3 Å². The van der Waals surface area contributed by atoms with Crippen molar-refractivity contribution in [2.75, 3.05) is 49.6 Å². The zero-order valence-electron chi connectivity index (χ0n) is 39.6. The van der Waals surface area contributed by atoms with Crippen LogP contribution in [-0.2, 0) is 19.1 Å². The summed E-state index contributed by atoms with van der Waals surface area (Å²) in [5.41, 5.74) is 1.20. The number of aromatic nitrogens is 3. The van der Waals surface area contributed by atoms with E-state index in [1.165, 1.54) is 24.3 Å². The zero-order chi connectivity index (χ0) is 50.7. The summed E-state index contributed by atoms with van der Waals surface area (Å²) in [4.78, 5) is 95.4. The molecule has 5 aromatic rings. The summed E-state index contributed by atoms with van der Waals surface area (Å²) in [5.74, 6) is -1.28. The molecular weight excluding hydrogens is 943 g/mol. The Hall–Kier alpha value is -7.89. The Morgan fingerprint density at radius 3 is 2.58 bits per heavy atom. The molecule has 20 heteroatoms. The van der Waals surface area contributed by atoms with Crippen molar-refractivity contribution in [3.05, 3.63) is 95.2 Å². The molecule has 8 heterocycles. The van der Waals surface area contributed by atoms with Gasteiger partial charge in [0.2, 0.25) is 17.7 Å². The Balaban J connectivity index is 0.722. The maximum Gasteiger partial charge on any atom is 0.407 e. The van der Waals surface area contributed by atoms with Crippen molar-refractivity contribution in [1.82, 2.24) is 40.7 Å². The largest absolute Gasteiger partial charge is 0.461 e. The molecule has 6 amide bonds. The number of alkyl carbamates (subject to hydrolysis) is 1. The number of terminal acetylenes is 1. The number of fused-ring (bicyclic) bond motifs is 6. The predicted molar refractivity (Wildman–Crippen MR) is 262 cm³/mol. The molecule has 0 aliphatic carbocycles. The first-order valence-corrected chi connectivity index (χ1v) is 24.4. The van der Waals surface area contributed by atoms with Crippen LogP contribution in [0.4, 0.5) is 25.1 Å². The van der Waals surface area contributed by atoms with Crippen molar-refractivity contribution in [2.24, 2.45) is 0 Å². The number of piperidine rings is 1. The number of amides is 6. The molecule has 5 unspecified atom stereocenters. The Morgan fingerprint density at radius 1 is 0.973 bits per heavy atom. The minimum atomic E-state index is -1.11. The Kier molecular flexibility index (Phi) is 12.3. The Bertz CT molecular complexity index is 3240. The SMILES string of the molecule is C#Cc1c(F)ccc2cccc(-c3ncc4c(N5CC6CCC(C5)N6)nc(OCC56CCC(COC(=O)NCCCC(=O)Nc7ccc8c(c7)C(=O)N(C7CCC(=O)NC7=O)C8=O)N5CC(=C)C6)nc4c3F)c12. The monoisotopic (exact) mass is 992 g/mol. The van der Waals surface area contributed by atoms with Gasteiger partial charge in [-0.25, -0.2) is 13.6 Å². The van der Waals surface area contributed by atoms with Crippen LogP contribution in [0, 0.1) is 24.0 Å². The average Bonchev–Trinajstić information content (AvgIpc) is 4.08. The van der Waals surface area contributed by atoms with E-state index in [9.17, 15) is 28.8 Å². The lowest BCUT2D eigenvalue weighted by Gasteiger charge is -2.35. The summed E-state index contributed by atoms with van der Waals surface area (Å²) in [7, 11) is 0. The topological polar surface area (TPSA) is 217 Å². The van der Waals surface area contributed by atoms with Crippen molar-refractivity contribution in [2.45, 2.75) is 87.5 Å². The second-order valence-corrected chi connectivity index (χ2v) is 19.7. The van der Waals surface area contributed by atoms with Crippen LogP contribution in [0.25, 0.3) is 32.9 Å². The molecule has 6 aliphatic rings. The third kappa shape index (κ3) is 8.75. The molecule has 5 atom stereocenters. The molecule has 5 saturated heterocycles. The number of carbonyl (C=O) groups excluding carboxylic acids is 6. The summed E-state index contributed by atoms with van der Waals surface area (Å²) in [5, 5.41) is 12.6. The molecule has 0 spiro atoms. The molecule has 3 aromatic carbocycles. The van der Waals surface area contributed by atoms with E-state index in [0.29, 0.717) is 66.4 Å². The van der Waals surface area contributed by atoms with Crippen molar-refractivity contribution in [3.63, 3.8) is 0 Å². The van der Waals surface area contributed by atoms with E-state index in [2.05, 4.69) is 48.6 Å². The fraction of sp³-hybridized carbons (Fsp3) is 0.377. The standard InChI is InChI=1S/C53H50F2N10O8/c1-3-34-39(54)14-9-29-6-4-7-36(43(29)34)45-44(55)46-38(22-57-45)47(63-24-31-10-11-32(25-63)58-31)62-51(61-46)73-27-53-18-17-33(64(53)23-28(2)21-53)26-72-52(71)56-19-5-8-41(66)59-30-12-13-35-37(20-30)50(70)65(49(35)69)40-15-16-42(67)60-48(40)68/h1,4,6-7,9,12-14,20,22,31-33,40,58H,2,5,8,10-11,15-19,21,23-27H2,(H,56,71)(H,59,66)(H,60,67,68). The minimum Gasteiger partial charge on any atom is -0.461 e. The first-order chi connectivity index (χ1) is 35.3. The van der Waals surface area contributed by atoms with Gasteiger partial charge in [-0.2, -0.15) is 9.97 Å². The second-order valence-electron chi connectivity index (χ2n) is 19.7. The number of carbonyl (C=O) groups is 6. The Morgan fingerprint density at radius 2 is 1.78 bits per heavy atom. The van der Waals surface area contributed by atoms with Gasteiger partial charge in [0.15, 0.2) is 5.82 Å². The van der Waals surface area contributed by atoms with E-state index in [-0.39, 0.29) is 103 Å². The minimum absolute atomic E-state index is 0.00173. The molecule has 2 bridgehead atoms. The average molecular weight is 993 g/mol. The molecule has 0 saturated carbocycles. The van der Waals surface area contributed by atoms with E-state index in [4.69, 9.17) is 25.9 Å². The first-order valence-electron chi connectivity index (χ1n) is 24.4. The second kappa shape index (κ2) is 18.9. The number of nitrogens with one attached hydrogen (secondary N) is 4. The third-order valence-corrected chi connectivity index (χ3v) is 15.0. The van der Waals surface area contributed by atoms with Gasteiger partial charge in [0.05, 0.1) is 27.6 Å². The van der Waals surface area contributed by atoms with Crippen LogP contribution in [0.2, 0.25) is 0 Å². The molecule has 6 aliphatic heterocycles. The number of nitrogens with zero attached hydrogens (tertiary/aromatic N) is 6. The number of rotatable bonds is 13. The number of hydrogen-bond donors (Lipinski definition) is 4. The summed E-state index contributed by atoms with van der Waals surface area (Å²) in [6.45, 7) is 6.54. The smallest absolute Gasteiger partial charge is 0.407 e. The summed E-state index contributed by atoms with van der Waals surface area (Å²) < 4.78 is 44.4. The van der Waals surface area contributed by atoms with Gasteiger partial charge in [-0.15, -0.1) is 6.42 Å². The summed E-state index contributed by atoms with van der Waals surface area (Å²) >= 11 is 0.